The summed E-state index contributed by atoms with van der Waals surface area (Å²) in [7, 11) is 0. The Balaban J connectivity index is 1.82. The molecule has 0 saturated heterocycles. The van der Waals surface area contributed by atoms with E-state index in [4.69, 9.17) is 0 Å². The van der Waals surface area contributed by atoms with Gasteiger partial charge in [0.05, 0.1) is 11.9 Å². The van der Waals surface area contributed by atoms with Crippen LogP contribution in [0.15, 0.2) is 22.9 Å². The molecule has 1 aromatic heterocycles. The van der Waals surface area contributed by atoms with Gasteiger partial charge in [-0.3, -0.25) is 4.98 Å². The average Bonchev–Trinajstić information content (AvgIpc) is 2.27. The molecule has 0 aromatic carbocycles. The van der Waals surface area contributed by atoms with Gasteiger partial charge in [-0.15, -0.1) is 0 Å². The van der Waals surface area contributed by atoms with Crippen LogP contribution in [0.3, 0.4) is 0 Å². The molecule has 2 atom stereocenters. The van der Waals surface area contributed by atoms with E-state index in [2.05, 4.69) is 39.2 Å². The van der Waals surface area contributed by atoms with Gasteiger partial charge in [-0.2, -0.15) is 0 Å². The molecular formula is C13H19BrN2. The highest BCUT2D eigenvalue weighted by Crippen LogP contribution is 2.28. The SMILES string of the molecule is CC1CCCC(CNc2cncc(Br)c2)C1. The molecule has 1 aliphatic rings. The average molecular weight is 283 g/mol. The van der Waals surface area contributed by atoms with Crippen molar-refractivity contribution in [2.24, 2.45) is 11.8 Å². The summed E-state index contributed by atoms with van der Waals surface area (Å²) in [6.07, 6.45) is 9.25. The zero-order valence-electron chi connectivity index (χ0n) is 9.75. The minimum atomic E-state index is 0.836. The Kier molecular flexibility index (Phi) is 4.22. The predicted octanol–water partition coefficient (Wildman–Crippen LogP) is 4.08. The smallest absolute Gasteiger partial charge is 0.0538 e. The predicted molar refractivity (Wildman–Crippen MR) is 71.5 cm³/mol. The Morgan fingerprint density at radius 2 is 2.31 bits per heavy atom. The van der Waals surface area contributed by atoms with Gasteiger partial charge >= 0.3 is 0 Å². The van der Waals surface area contributed by atoms with Gasteiger partial charge < -0.3 is 5.32 Å². The second-order valence-corrected chi connectivity index (χ2v) is 5.83. The van der Waals surface area contributed by atoms with Crippen LogP contribution in [-0.4, -0.2) is 11.5 Å². The molecule has 0 spiro atoms. The summed E-state index contributed by atoms with van der Waals surface area (Å²) < 4.78 is 1.04. The summed E-state index contributed by atoms with van der Waals surface area (Å²) in [6.45, 7) is 3.45. The standard InChI is InChI=1S/C13H19BrN2/c1-10-3-2-4-11(5-10)7-16-13-6-12(14)8-15-9-13/h6,8-11,16H,2-5,7H2,1H3. The fraction of sp³-hybridized carbons (Fsp3) is 0.615. The molecule has 2 nitrogen and oxygen atoms in total. The lowest BCUT2D eigenvalue weighted by Crippen LogP contribution is -2.21. The van der Waals surface area contributed by atoms with E-state index in [0.29, 0.717) is 0 Å². The van der Waals surface area contributed by atoms with Crippen molar-refractivity contribution < 1.29 is 0 Å². The normalized spacial score (nSPS) is 25.4. The van der Waals surface area contributed by atoms with Crippen molar-refractivity contribution in [3.8, 4) is 0 Å². The van der Waals surface area contributed by atoms with Crippen LogP contribution in [-0.2, 0) is 0 Å². The first-order valence-corrected chi connectivity index (χ1v) is 6.88. The molecule has 88 valence electrons. The van der Waals surface area contributed by atoms with Crippen LogP contribution in [0.4, 0.5) is 5.69 Å². The lowest BCUT2D eigenvalue weighted by molar-refractivity contribution is 0.293. The van der Waals surface area contributed by atoms with Gasteiger partial charge in [0.25, 0.3) is 0 Å². The fourth-order valence-corrected chi connectivity index (χ4v) is 2.88. The molecule has 0 radical (unpaired) electrons. The largest absolute Gasteiger partial charge is 0.383 e. The molecule has 16 heavy (non-hydrogen) atoms. The van der Waals surface area contributed by atoms with E-state index in [1.165, 1.54) is 25.7 Å². The number of hydrogen-bond donors (Lipinski definition) is 1. The molecule has 2 unspecified atom stereocenters. The molecular weight excluding hydrogens is 264 g/mol. The van der Waals surface area contributed by atoms with Crippen LogP contribution in [0, 0.1) is 11.8 Å². The van der Waals surface area contributed by atoms with Gasteiger partial charge in [-0.05, 0) is 46.7 Å². The molecule has 1 aliphatic carbocycles. The zero-order valence-corrected chi connectivity index (χ0v) is 11.3. The maximum atomic E-state index is 4.15. The lowest BCUT2D eigenvalue weighted by Gasteiger charge is -2.27. The summed E-state index contributed by atoms with van der Waals surface area (Å²) in [5.74, 6) is 1.74. The molecule has 1 N–H and O–H groups in total. The second-order valence-electron chi connectivity index (χ2n) is 4.91. The number of nitrogens with zero attached hydrogens (tertiary/aromatic N) is 1. The van der Waals surface area contributed by atoms with Crippen molar-refractivity contribution in [3.63, 3.8) is 0 Å². The Hall–Kier alpha value is -0.570. The summed E-state index contributed by atoms with van der Waals surface area (Å²) in [6, 6.07) is 2.08. The number of aromatic nitrogens is 1. The van der Waals surface area contributed by atoms with Crippen molar-refractivity contribution in [1.82, 2.24) is 4.98 Å². The Labute approximate surface area is 106 Å². The van der Waals surface area contributed by atoms with Gasteiger partial charge in [0, 0.05) is 17.2 Å². The number of hydrogen-bond acceptors (Lipinski definition) is 2. The Bertz CT molecular complexity index is 340. The number of nitrogens with one attached hydrogen (secondary N) is 1. The van der Waals surface area contributed by atoms with E-state index in [-0.39, 0.29) is 0 Å². The quantitative estimate of drug-likeness (QED) is 0.904. The van der Waals surface area contributed by atoms with Crippen molar-refractivity contribution in [3.05, 3.63) is 22.9 Å². The molecule has 0 amide bonds. The van der Waals surface area contributed by atoms with Crippen molar-refractivity contribution in [2.45, 2.75) is 32.6 Å². The van der Waals surface area contributed by atoms with E-state index in [1.807, 2.05) is 12.4 Å². The third kappa shape index (κ3) is 3.48. The number of halogens is 1. The van der Waals surface area contributed by atoms with E-state index >= 15 is 0 Å². The Morgan fingerprint density at radius 3 is 3.06 bits per heavy atom. The van der Waals surface area contributed by atoms with Crippen LogP contribution in [0.1, 0.15) is 32.6 Å². The van der Waals surface area contributed by atoms with E-state index in [1.54, 1.807) is 0 Å². The maximum Gasteiger partial charge on any atom is 0.0538 e. The van der Waals surface area contributed by atoms with Gasteiger partial charge in [0.2, 0.25) is 0 Å². The highest BCUT2D eigenvalue weighted by atomic mass is 79.9. The molecule has 0 aliphatic heterocycles. The van der Waals surface area contributed by atoms with Gasteiger partial charge in [0.15, 0.2) is 0 Å². The third-order valence-corrected chi connectivity index (χ3v) is 3.78. The van der Waals surface area contributed by atoms with E-state index in [9.17, 15) is 0 Å². The first-order valence-electron chi connectivity index (χ1n) is 6.08. The Morgan fingerprint density at radius 1 is 1.44 bits per heavy atom. The first-order chi connectivity index (χ1) is 7.74. The molecule has 1 aromatic rings. The number of pyridine rings is 1. The highest BCUT2D eigenvalue weighted by molar-refractivity contribution is 9.10. The van der Waals surface area contributed by atoms with E-state index in [0.717, 1.165) is 28.5 Å². The molecule has 0 bridgehead atoms. The molecule has 1 heterocycles. The van der Waals surface area contributed by atoms with Crippen LogP contribution in [0.25, 0.3) is 0 Å². The maximum absolute atomic E-state index is 4.15. The summed E-state index contributed by atoms with van der Waals surface area (Å²) in [5, 5.41) is 3.48. The van der Waals surface area contributed by atoms with Crippen molar-refractivity contribution in [1.29, 1.82) is 0 Å². The molecule has 1 fully saturated rings. The van der Waals surface area contributed by atoms with Crippen LogP contribution in [0.2, 0.25) is 0 Å². The zero-order chi connectivity index (χ0) is 11.4. The third-order valence-electron chi connectivity index (χ3n) is 3.34. The number of anilines is 1. The van der Waals surface area contributed by atoms with Gasteiger partial charge in [0.1, 0.15) is 0 Å². The lowest BCUT2D eigenvalue weighted by atomic mass is 9.82. The molecule has 2 rings (SSSR count). The highest BCUT2D eigenvalue weighted by Gasteiger charge is 2.18. The van der Waals surface area contributed by atoms with Crippen LogP contribution >= 0.6 is 15.9 Å². The number of rotatable bonds is 3. The van der Waals surface area contributed by atoms with Gasteiger partial charge in [-0.1, -0.05) is 19.8 Å². The fourth-order valence-electron chi connectivity index (χ4n) is 2.52. The molecule has 3 heteroatoms. The summed E-state index contributed by atoms with van der Waals surface area (Å²) >= 11 is 3.44. The minimum absolute atomic E-state index is 0.836. The van der Waals surface area contributed by atoms with E-state index < -0.39 is 0 Å². The topological polar surface area (TPSA) is 24.9 Å². The first kappa shape index (κ1) is 11.9. The van der Waals surface area contributed by atoms with Crippen LogP contribution < -0.4 is 5.32 Å². The minimum Gasteiger partial charge on any atom is -0.383 e. The van der Waals surface area contributed by atoms with Crippen LogP contribution in [0.5, 0.6) is 0 Å². The van der Waals surface area contributed by atoms with Gasteiger partial charge in [-0.25, -0.2) is 0 Å². The van der Waals surface area contributed by atoms with Crippen molar-refractivity contribution >= 4 is 21.6 Å². The summed E-state index contributed by atoms with van der Waals surface area (Å²) in [5.41, 5.74) is 1.12. The second kappa shape index (κ2) is 5.67. The monoisotopic (exact) mass is 282 g/mol. The molecule has 1 saturated carbocycles. The summed E-state index contributed by atoms with van der Waals surface area (Å²) in [4.78, 5) is 4.15. The van der Waals surface area contributed by atoms with Crippen molar-refractivity contribution in [2.75, 3.05) is 11.9 Å².